The van der Waals surface area contributed by atoms with E-state index in [0.717, 1.165) is 5.75 Å². The lowest BCUT2D eigenvalue weighted by Gasteiger charge is -2.34. The Hall–Kier alpha value is 0.0400. The number of halogens is 1. The maximum absolute atomic E-state index is 11.5. The van der Waals surface area contributed by atoms with Gasteiger partial charge in [-0.25, -0.2) is 8.42 Å². The molecule has 1 aliphatic heterocycles. The first-order chi connectivity index (χ1) is 6.95. The van der Waals surface area contributed by atoms with Gasteiger partial charge in [0.1, 0.15) is 10.8 Å². The number of nitrogens with zero attached hydrogens (tertiary/aromatic N) is 2. The van der Waals surface area contributed by atoms with Crippen LogP contribution < -0.4 is 0 Å². The molecule has 2 atom stereocenters. The van der Waals surface area contributed by atoms with Crippen LogP contribution in [0.15, 0.2) is 0 Å². The fourth-order valence-electron chi connectivity index (χ4n) is 1.47. The van der Waals surface area contributed by atoms with Gasteiger partial charge in [0.05, 0.1) is 6.07 Å². The highest BCUT2D eigenvalue weighted by molar-refractivity contribution is 8.00. The molecule has 0 aromatic rings. The molecule has 0 bridgehead atoms. The molecule has 1 saturated heterocycles. The number of alkyl halides is 1. The Morgan fingerprint density at radius 3 is 2.93 bits per heavy atom. The molecule has 0 amide bonds. The Balaban J connectivity index is 2.71. The molecule has 1 aliphatic rings. The first-order valence-corrected chi connectivity index (χ1v) is 8.04. The van der Waals surface area contributed by atoms with Crippen LogP contribution in [0.3, 0.4) is 0 Å². The van der Waals surface area contributed by atoms with E-state index in [-0.39, 0.29) is 0 Å². The minimum absolute atomic E-state index is 0.316. The molecular formula is C8H13ClN2O2S2. The van der Waals surface area contributed by atoms with Gasteiger partial charge in [-0.05, 0) is 0 Å². The lowest BCUT2D eigenvalue weighted by atomic mass is 10.4. The third-order valence-corrected chi connectivity index (χ3v) is 5.14. The number of rotatable bonds is 3. The minimum atomic E-state index is -3.09. The fourth-order valence-corrected chi connectivity index (χ4v) is 4.60. The van der Waals surface area contributed by atoms with Gasteiger partial charge in [-0.15, -0.1) is 11.6 Å². The monoisotopic (exact) mass is 268 g/mol. The zero-order valence-electron chi connectivity index (χ0n) is 8.39. The standard InChI is InChI=1S/C8H13ClN2O2S2/c1-15(12,13)8-6-14-3-2-11(8)5-7(9)4-10/h7-8H,2-3,5-6H2,1H3. The third kappa shape index (κ3) is 3.83. The Labute approximate surface area is 99.5 Å². The molecule has 7 heteroatoms. The van der Waals surface area contributed by atoms with Crippen LogP contribution in [-0.2, 0) is 9.84 Å². The first kappa shape index (κ1) is 13.1. The van der Waals surface area contributed by atoms with Crippen LogP contribution in [-0.4, -0.2) is 54.9 Å². The summed E-state index contributed by atoms with van der Waals surface area (Å²) in [6.45, 7) is 0.990. The molecule has 4 nitrogen and oxygen atoms in total. The average molecular weight is 269 g/mol. The largest absolute Gasteiger partial charge is 0.283 e. The number of hydrogen-bond donors (Lipinski definition) is 0. The molecule has 0 aliphatic carbocycles. The van der Waals surface area contributed by atoms with Crippen LogP contribution in [0.25, 0.3) is 0 Å². The van der Waals surface area contributed by atoms with E-state index >= 15 is 0 Å². The highest BCUT2D eigenvalue weighted by atomic mass is 35.5. The highest BCUT2D eigenvalue weighted by Crippen LogP contribution is 2.20. The van der Waals surface area contributed by atoms with Crippen LogP contribution in [0.5, 0.6) is 0 Å². The van der Waals surface area contributed by atoms with Gasteiger partial charge in [-0.2, -0.15) is 17.0 Å². The lowest BCUT2D eigenvalue weighted by Crippen LogP contribution is -2.48. The zero-order valence-corrected chi connectivity index (χ0v) is 10.8. The van der Waals surface area contributed by atoms with Gasteiger partial charge in [-0.1, -0.05) is 0 Å². The van der Waals surface area contributed by atoms with E-state index in [1.807, 2.05) is 6.07 Å². The quantitative estimate of drug-likeness (QED) is 0.699. The normalized spacial score (nSPS) is 25.8. The predicted octanol–water partition coefficient (Wildman–Crippen LogP) is 0.537. The van der Waals surface area contributed by atoms with Crippen molar-refractivity contribution in [2.75, 3.05) is 30.9 Å². The van der Waals surface area contributed by atoms with Crippen molar-refractivity contribution in [3.63, 3.8) is 0 Å². The van der Waals surface area contributed by atoms with Crippen LogP contribution in [0.2, 0.25) is 0 Å². The maximum atomic E-state index is 11.5. The molecule has 0 aromatic carbocycles. The van der Waals surface area contributed by atoms with E-state index in [0.29, 0.717) is 18.8 Å². The second-order valence-electron chi connectivity index (χ2n) is 3.45. The molecule has 0 N–H and O–H groups in total. The number of thioether (sulfide) groups is 1. The molecule has 2 unspecified atom stereocenters. The maximum Gasteiger partial charge on any atom is 0.164 e. The zero-order chi connectivity index (χ0) is 11.5. The number of hydrogen-bond acceptors (Lipinski definition) is 5. The smallest absolute Gasteiger partial charge is 0.164 e. The lowest BCUT2D eigenvalue weighted by molar-refractivity contribution is 0.278. The molecule has 1 heterocycles. The molecular weight excluding hydrogens is 256 g/mol. The van der Waals surface area contributed by atoms with Crippen LogP contribution >= 0.6 is 23.4 Å². The Kier molecular flexibility index (Phi) is 4.71. The summed E-state index contributed by atoms with van der Waals surface area (Å²) in [7, 11) is -3.09. The van der Waals surface area contributed by atoms with Crippen molar-refractivity contribution < 1.29 is 8.42 Å². The second-order valence-corrected chi connectivity index (χ2v) is 7.33. The minimum Gasteiger partial charge on any atom is -0.283 e. The van der Waals surface area contributed by atoms with E-state index < -0.39 is 20.6 Å². The van der Waals surface area contributed by atoms with E-state index in [9.17, 15) is 8.42 Å². The van der Waals surface area contributed by atoms with E-state index in [1.165, 1.54) is 6.26 Å². The molecule has 0 saturated carbocycles. The summed E-state index contributed by atoms with van der Waals surface area (Å²) >= 11 is 7.33. The Morgan fingerprint density at radius 2 is 2.40 bits per heavy atom. The van der Waals surface area contributed by atoms with E-state index in [1.54, 1.807) is 16.7 Å². The van der Waals surface area contributed by atoms with E-state index in [2.05, 4.69) is 0 Å². The van der Waals surface area contributed by atoms with Gasteiger partial charge >= 0.3 is 0 Å². The van der Waals surface area contributed by atoms with Crippen molar-refractivity contribution in [2.24, 2.45) is 0 Å². The molecule has 0 radical (unpaired) electrons. The summed E-state index contributed by atoms with van der Waals surface area (Å²) in [5.74, 6) is 1.45. The molecule has 86 valence electrons. The molecule has 0 aromatic heterocycles. The molecule has 1 fully saturated rings. The topological polar surface area (TPSA) is 61.2 Å². The molecule has 0 spiro atoms. The average Bonchev–Trinajstić information content (AvgIpc) is 2.17. The Morgan fingerprint density at radius 1 is 1.73 bits per heavy atom. The SMILES string of the molecule is CS(=O)(=O)C1CSCCN1CC(Cl)C#N. The summed E-state index contributed by atoms with van der Waals surface area (Å²) in [5.41, 5.74) is 0. The van der Waals surface area contributed by atoms with Gasteiger partial charge in [0, 0.05) is 30.9 Å². The van der Waals surface area contributed by atoms with Crippen molar-refractivity contribution in [3.8, 4) is 6.07 Å². The summed E-state index contributed by atoms with van der Waals surface area (Å²) in [4.78, 5) is 1.78. The fraction of sp³-hybridized carbons (Fsp3) is 0.875. The molecule has 15 heavy (non-hydrogen) atoms. The van der Waals surface area contributed by atoms with Crippen molar-refractivity contribution in [2.45, 2.75) is 10.8 Å². The van der Waals surface area contributed by atoms with Crippen LogP contribution in [0.4, 0.5) is 0 Å². The third-order valence-electron chi connectivity index (χ3n) is 2.22. The van der Waals surface area contributed by atoms with Crippen molar-refractivity contribution in [1.29, 1.82) is 5.26 Å². The summed E-state index contributed by atoms with van der Waals surface area (Å²) in [6.07, 6.45) is 1.23. The van der Waals surface area contributed by atoms with Gasteiger partial charge in [-0.3, -0.25) is 4.90 Å². The first-order valence-electron chi connectivity index (χ1n) is 4.49. The summed E-state index contributed by atoms with van der Waals surface area (Å²) < 4.78 is 23.0. The predicted molar refractivity (Wildman–Crippen MR) is 62.8 cm³/mol. The van der Waals surface area contributed by atoms with Crippen LogP contribution in [0, 0.1) is 11.3 Å². The Bertz CT molecular complexity index is 352. The van der Waals surface area contributed by atoms with E-state index in [4.69, 9.17) is 16.9 Å². The van der Waals surface area contributed by atoms with Gasteiger partial charge in [0.15, 0.2) is 9.84 Å². The number of sulfone groups is 1. The van der Waals surface area contributed by atoms with Crippen molar-refractivity contribution in [1.82, 2.24) is 4.90 Å². The van der Waals surface area contributed by atoms with Crippen molar-refractivity contribution in [3.05, 3.63) is 0 Å². The van der Waals surface area contributed by atoms with Gasteiger partial charge < -0.3 is 0 Å². The van der Waals surface area contributed by atoms with Crippen LogP contribution in [0.1, 0.15) is 0 Å². The molecule has 1 rings (SSSR count). The van der Waals surface area contributed by atoms with Gasteiger partial charge in [0.2, 0.25) is 0 Å². The summed E-state index contributed by atoms with van der Waals surface area (Å²) in [5, 5.41) is 7.46. The summed E-state index contributed by atoms with van der Waals surface area (Å²) in [6, 6.07) is 1.91. The highest BCUT2D eigenvalue weighted by Gasteiger charge is 2.31. The van der Waals surface area contributed by atoms with Crippen molar-refractivity contribution >= 4 is 33.2 Å². The number of nitriles is 1. The second kappa shape index (κ2) is 5.39. The van der Waals surface area contributed by atoms with Gasteiger partial charge in [0.25, 0.3) is 0 Å².